The van der Waals surface area contributed by atoms with E-state index in [1.165, 1.54) is 13.8 Å². The van der Waals surface area contributed by atoms with Gasteiger partial charge in [0.1, 0.15) is 0 Å². The van der Waals surface area contributed by atoms with E-state index in [2.05, 4.69) is 0 Å². The van der Waals surface area contributed by atoms with Crippen molar-refractivity contribution in [1.29, 1.82) is 0 Å². The van der Waals surface area contributed by atoms with E-state index in [0.717, 1.165) is 12.8 Å². The van der Waals surface area contributed by atoms with Crippen molar-refractivity contribution in [2.75, 3.05) is 0 Å². The summed E-state index contributed by atoms with van der Waals surface area (Å²) >= 11 is 0. The molecule has 0 saturated heterocycles. The Balaban J connectivity index is -0.000000295. The standard InChI is InChI=1S/2C8H13O2.Mn/c2*1-6(2)4-8(10)5-7(3)9;/h2*5-6H,4H2,1-3H3;/q2*-1;+2. The van der Waals surface area contributed by atoms with Gasteiger partial charge in [0.25, 0.3) is 0 Å². The van der Waals surface area contributed by atoms with Crippen molar-refractivity contribution in [3.8, 4) is 0 Å². The maximum Gasteiger partial charge on any atom is 2.00 e. The average molecular weight is 337 g/mol. The molecule has 0 fully saturated rings. The molecule has 5 heteroatoms. The Labute approximate surface area is 138 Å². The number of hydrogen-bond donors (Lipinski definition) is 0. The summed E-state index contributed by atoms with van der Waals surface area (Å²) in [4.78, 5) is 42.3. The Hall–Kier alpha value is -1.06. The van der Waals surface area contributed by atoms with Gasteiger partial charge in [-0.25, -0.2) is 0 Å². The number of rotatable bonds is 8. The summed E-state index contributed by atoms with van der Waals surface area (Å²) in [5.74, 6) is 0.215. The number of ketones is 4. The molecule has 0 unspecified atom stereocenters. The molecule has 0 rings (SSSR count). The molecule has 0 amide bonds. The van der Waals surface area contributed by atoms with E-state index in [1.54, 1.807) is 0 Å². The van der Waals surface area contributed by atoms with Crippen molar-refractivity contribution in [2.24, 2.45) is 11.8 Å². The molecule has 0 aromatic heterocycles. The van der Waals surface area contributed by atoms with E-state index in [4.69, 9.17) is 0 Å². The van der Waals surface area contributed by atoms with Gasteiger partial charge in [0.2, 0.25) is 0 Å². The predicted molar refractivity (Wildman–Crippen MR) is 78.9 cm³/mol. The molecular weight excluding hydrogens is 311 g/mol. The van der Waals surface area contributed by atoms with E-state index in [9.17, 15) is 19.2 Å². The molecule has 0 aliphatic rings. The third-order valence-corrected chi connectivity index (χ3v) is 1.95. The van der Waals surface area contributed by atoms with Crippen LogP contribution >= 0.6 is 0 Å². The molecule has 0 saturated carbocycles. The molecule has 0 spiro atoms. The summed E-state index contributed by atoms with van der Waals surface area (Å²) in [6.45, 7) is 10.6. The summed E-state index contributed by atoms with van der Waals surface area (Å²) in [5.41, 5.74) is 0. The first-order valence-electron chi connectivity index (χ1n) is 6.80. The largest absolute Gasteiger partial charge is 2.00 e. The fourth-order valence-corrected chi connectivity index (χ4v) is 1.38. The zero-order chi connectivity index (χ0) is 16.3. The van der Waals surface area contributed by atoms with Crippen LogP contribution < -0.4 is 0 Å². The smallest absolute Gasteiger partial charge is 0.334 e. The summed E-state index contributed by atoms with van der Waals surface area (Å²) in [6, 6.07) is 0. The minimum Gasteiger partial charge on any atom is -0.334 e. The van der Waals surface area contributed by atoms with Gasteiger partial charge in [-0.1, -0.05) is 27.7 Å². The third-order valence-electron chi connectivity index (χ3n) is 1.95. The van der Waals surface area contributed by atoms with Crippen LogP contribution in [0.4, 0.5) is 0 Å². The fourth-order valence-electron chi connectivity index (χ4n) is 1.38. The van der Waals surface area contributed by atoms with Gasteiger partial charge in [-0.15, -0.1) is 0 Å². The van der Waals surface area contributed by atoms with Crippen LogP contribution in [0.5, 0.6) is 0 Å². The van der Waals surface area contributed by atoms with Crippen molar-refractivity contribution in [2.45, 2.75) is 54.4 Å². The van der Waals surface area contributed by atoms with E-state index in [0.29, 0.717) is 24.7 Å². The summed E-state index contributed by atoms with van der Waals surface area (Å²) in [6.07, 6.45) is 3.25. The van der Waals surface area contributed by atoms with Crippen LogP contribution in [0.25, 0.3) is 0 Å². The summed E-state index contributed by atoms with van der Waals surface area (Å²) in [7, 11) is 0. The molecule has 0 bridgehead atoms. The first-order chi connectivity index (χ1) is 9.04. The summed E-state index contributed by atoms with van der Waals surface area (Å²) < 4.78 is 0. The zero-order valence-electron chi connectivity index (χ0n) is 13.7. The van der Waals surface area contributed by atoms with Gasteiger partial charge in [0.15, 0.2) is 0 Å². The van der Waals surface area contributed by atoms with E-state index in [-0.39, 0.29) is 40.2 Å². The predicted octanol–water partition coefficient (Wildman–Crippen LogP) is 2.79. The van der Waals surface area contributed by atoms with Gasteiger partial charge in [0, 0.05) is 23.1 Å². The topological polar surface area (TPSA) is 68.3 Å². The maximum absolute atomic E-state index is 10.8. The average Bonchev–Trinajstić information content (AvgIpc) is 2.11. The van der Waals surface area contributed by atoms with E-state index < -0.39 is 0 Å². The van der Waals surface area contributed by atoms with Gasteiger partial charge in [-0.2, -0.15) is 0 Å². The third kappa shape index (κ3) is 24.3. The minimum atomic E-state index is -0.161. The van der Waals surface area contributed by atoms with E-state index >= 15 is 0 Å². The first kappa shape index (κ1) is 24.9. The Morgan fingerprint density at radius 3 is 1.10 bits per heavy atom. The molecule has 0 heterocycles. The molecule has 0 aliphatic carbocycles. The molecule has 121 valence electrons. The van der Waals surface area contributed by atoms with Crippen LogP contribution in [0.3, 0.4) is 0 Å². The maximum atomic E-state index is 10.8. The molecule has 0 aromatic carbocycles. The monoisotopic (exact) mass is 337 g/mol. The second-order valence-electron chi connectivity index (χ2n) is 5.64. The molecule has 4 nitrogen and oxygen atoms in total. The molecule has 0 aromatic rings. The van der Waals surface area contributed by atoms with E-state index in [1.807, 2.05) is 27.7 Å². The molecule has 1 radical (unpaired) electrons. The number of hydrogen-bond acceptors (Lipinski definition) is 4. The number of Topliss-reactive ketones (excluding diaryl/α,β-unsaturated/α-hetero) is 4. The van der Waals surface area contributed by atoms with Gasteiger partial charge >= 0.3 is 17.1 Å². The quantitative estimate of drug-likeness (QED) is 0.388. The SMILES string of the molecule is CC(=O)[CH-]C(=O)CC(C)C.CC(=O)[CH-]C(=O)CC(C)C.[Mn+2]. The van der Waals surface area contributed by atoms with Crippen molar-refractivity contribution in [1.82, 2.24) is 0 Å². The van der Waals surface area contributed by atoms with Crippen LogP contribution in [-0.4, -0.2) is 23.1 Å². The normalized spacial score (nSPS) is 9.14. The fraction of sp³-hybridized carbons (Fsp3) is 0.625. The Morgan fingerprint density at radius 1 is 0.714 bits per heavy atom. The second-order valence-corrected chi connectivity index (χ2v) is 5.64. The van der Waals surface area contributed by atoms with Gasteiger partial charge < -0.3 is 19.2 Å². The van der Waals surface area contributed by atoms with Gasteiger partial charge in [0.05, 0.1) is 0 Å². The van der Waals surface area contributed by atoms with Crippen LogP contribution in [0.1, 0.15) is 54.4 Å². The van der Waals surface area contributed by atoms with Crippen LogP contribution in [0.2, 0.25) is 0 Å². The van der Waals surface area contributed by atoms with Crippen molar-refractivity contribution in [3.63, 3.8) is 0 Å². The molecular formula is C16H26MnO4. The zero-order valence-corrected chi connectivity index (χ0v) is 14.9. The molecule has 21 heavy (non-hydrogen) atoms. The number of carbonyl (C=O) groups is 4. The molecule has 0 N–H and O–H groups in total. The molecule has 0 aliphatic heterocycles. The Morgan fingerprint density at radius 2 is 0.952 bits per heavy atom. The van der Waals surface area contributed by atoms with Crippen LogP contribution in [0, 0.1) is 24.7 Å². The van der Waals surface area contributed by atoms with Crippen LogP contribution in [0.15, 0.2) is 0 Å². The minimum absolute atomic E-state index is 0. The summed E-state index contributed by atoms with van der Waals surface area (Å²) in [5, 5.41) is 0. The van der Waals surface area contributed by atoms with Crippen molar-refractivity contribution < 1.29 is 36.2 Å². The van der Waals surface area contributed by atoms with Gasteiger partial charge in [-0.3, -0.25) is 12.8 Å². The molecule has 0 atom stereocenters. The number of carbonyl (C=O) groups excluding carboxylic acids is 4. The Kier molecular flexibility index (Phi) is 16.5. The second kappa shape index (κ2) is 13.9. The van der Waals surface area contributed by atoms with Gasteiger partial charge in [-0.05, 0) is 38.5 Å². The van der Waals surface area contributed by atoms with Crippen molar-refractivity contribution in [3.05, 3.63) is 12.8 Å². The van der Waals surface area contributed by atoms with Crippen LogP contribution in [-0.2, 0) is 36.2 Å². The first-order valence-corrected chi connectivity index (χ1v) is 6.80. The Bertz CT molecular complexity index is 312. The van der Waals surface area contributed by atoms with Crippen molar-refractivity contribution >= 4 is 23.1 Å².